The summed E-state index contributed by atoms with van der Waals surface area (Å²) in [6.45, 7) is 3.87. The molecule has 4 rings (SSSR count). The Labute approximate surface area is 158 Å². The van der Waals surface area contributed by atoms with Gasteiger partial charge >= 0.3 is 0 Å². The summed E-state index contributed by atoms with van der Waals surface area (Å²) in [6.07, 6.45) is 2.90. The second-order valence-corrected chi connectivity index (χ2v) is 7.75. The minimum absolute atomic E-state index is 0.0478. The summed E-state index contributed by atoms with van der Waals surface area (Å²) < 4.78 is 11.2. The van der Waals surface area contributed by atoms with Crippen LogP contribution in [-0.4, -0.2) is 55.7 Å². The van der Waals surface area contributed by atoms with Crippen molar-refractivity contribution in [2.24, 2.45) is 11.8 Å². The molecule has 26 heavy (non-hydrogen) atoms. The first kappa shape index (κ1) is 17.6. The molecule has 1 aromatic heterocycles. The van der Waals surface area contributed by atoms with Crippen molar-refractivity contribution in [2.75, 3.05) is 44.8 Å². The molecule has 2 fully saturated rings. The molecular weight excluding hydrogens is 354 g/mol. The van der Waals surface area contributed by atoms with Crippen molar-refractivity contribution in [3.63, 3.8) is 0 Å². The molecule has 140 valence electrons. The van der Waals surface area contributed by atoms with Gasteiger partial charge in [-0.2, -0.15) is 4.98 Å². The van der Waals surface area contributed by atoms with Gasteiger partial charge in [0, 0.05) is 38.3 Å². The Bertz CT molecular complexity index is 779. The molecule has 0 spiro atoms. The number of benzene rings is 1. The zero-order chi connectivity index (χ0) is 18.1. The number of oxazole rings is 1. The van der Waals surface area contributed by atoms with Crippen LogP contribution in [0.5, 0.6) is 0 Å². The second-order valence-electron chi connectivity index (χ2n) is 7.32. The van der Waals surface area contributed by atoms with Crippen molar-refractivity contribution in [1.29, 1.82) is 0 Å². The molecule has 1 aromatic carbocycles. The van der Waals surface area contributed by atoms with Crippen molar-refractivity contribution in [3.8, 4) is 0 Å². The number of amides is 1. The molecule has 2 aliphatic heterocycles. The minimum Gasteiger partial charge on any atom is -0.423 e. The lowest BCUT2D eigenvalue weighted by atomic mass is 9.96. The number of nitrogens with zero attached hydrogens (tertiary/aromatic N) is 3. The van der Waals surface area contributed by atoms with E-state index in [1.54, 1.807) is 0 Å². The van der Waals surface area contributed by atoms with Gasteiger partial charge < -0.3 is 19.0 Å². The van der Waals surface area contributed by atoms with Gasteiger partial charge in [-0.25, -0.2) is 0 Å². The topological polar surface area (TPSA) is 58.8 Å². The molecule has 2 aliphatic rings. The van der Waals surface area contributed by atoms with E-state index in [-0.39, 0.29) is 11.8 Å². The van der Waals surface area contributed by atoms with Crippen LogP contribution in [0.2, 0.25) is 5.02 Å². The molecule has 0 radical (unpaired) electrons. The highest BCUT2D eigenvalue weighted by Gasteiger charge is 2.29. The number of carbonyl (C=O) groups is 1. The van der Waals surface area contributed by atoms with Crippen molar-refractivity contribution < 1.29 is 13.9 Å². The highest BCUT2D eigenvalue weighted by atomic mass is 35.5. The Morgan fingerprint density at radius 2 is 2.15 bits per heavy atom. The van der Waals surface area contributed by atoms with Gasteiger partial charge in [0.05, 0.1) is 12.5 Å². The zero-order valence-electron chi connectivity index (χ0n) is 15.0. The first-order valence-electron chi connectivity index (χ1n) is 9.24. The highest BCUT2D eigenvalue weighted by Crippen LogP contribution is 2.28. The first-order valence-corrected chi connectivity index (χ1v) is 9.61. The summed E-state index contributed by atoms with van der Waals surface area (Å²) in [4.78, 5) is 21.1. The normalized spacial score (nSPS) is 21.5. The number of ether oxygens (including phenoxy) is 1. The quantitative estimate of drug-likeness (QED) is 0.818. The monoisotopic (exact) mass is 377 g/mol. The van der Waals surface area contributed by atoms with Gasteiger partial charge in [-0.15, -0.1) is 0 Å². The van der Waals surface area contributed by atoms with Crippen molar-refractivity contribution >= 4 is 34.6 Å². The van der Waals surface area contributed by atoms with E-state index in [4.69, 9.17) is 20.8 Å². The molecule has 7 heteroatoms. The number of anilines is 1. The van der Waals surface area contributed by atoms with Crippen molar-refractivity contribution in [3.05, 3.63) is 23.2 Å². The number of hydrogen-bond acceptors (Lipinski definition) is 5. The van der Waals surface area contributed by atoms with Crippen LogP contribution in [0.15, 0.2) is 22.6 Å². The number of rotatable bonds is 4. The fourth-order valence-electron chi connectivity index (χ4n) is 3.85. The van der Waals surface area contributed by atoms with Gasteiger partial charge in [-0.05, 0) is 43.4 Å². The standard InChI is InChI=1S/C19H24ClN3O3/c1-22(18(24)14-6-9-25-12-14)11-13-4-7-23(8-5-13)19-21-16-10-15(20)2-3-17(16)26-19/h2-3,10,13-14H,4-9,11-12H2,1H3. The lowest BCUT2D eigenvalue weighted by molar-refractivity contribution is -0.134. The predicted octanol–water partition coefficient (Wildman–Crippen LogP) is 3.19. The molecule has 1 atom stereocenters. The lowest BCUT2D eigenvalue weighted by Gasteiger charge is -2.33. The highest BCUT2D eigenvalue weighted by molar-refractivity contribution is 6.31. The summed E-state index contributed by atoms with van der Waals surface area (Å²) in [5.41, 5.74) is 1.55. The van der Waals surface area contributed by atoms with Gasteiger partial charge in [0.15, 0.2) is 5.58 Å². The average molecular weight is 378 g/mol. The molecule has 2 aromatic rings. The predicted molar refractivity (Wildman–Crippen MR) is 101 cm³/mol. The molecular formula is C19H24ClN3O3. The van der Waals surface area contributed by atoms with E-state index in [0.29, 0.717) is 30.2 Å². The van der Waals surface area contributed by atoms with E-state index in [1.807, 2.05) is 30.1 Å². The Kier molecular flexibility index (Phi) is 5.05. The summed E-state index contributed by atoms with van der Waals surface area (Å²) in [5, 5.41) is 0.663. The van der Waals surface area contributed by atoms with Crippen LogP contribution >= 0.6 is 11.6 Å². The smallest absolute Gasteiger partial charge is 0.298 e. The molecule has 0 saturated carbocycles. The van der Waals surface area contributed by atoms with Crippen LogP contribution in [-0.2, 0) is 9.53 Å². The van der Waals surface area contributed by atoms with Crippen LogP contribution in [0.1, 0.15) is 19.3 Å². The Balaban J connectivity index is 1.32. The number of fused-ring (bicyclic) bond motifs is 1. The minimum atomic E-state index is 0.0478. The van der Waals surface area contributed by atoms with Crippen LogP contribution in [0.3, 0.4) is 0 Å². The zero-order valence-corrected chi connectivity index (χ0v) is 15.7. The number of carbonyl (C=O) groups excluding carboxylic acids is 1. The van der Waals surface area contributed by atoms with E-state index >= 15 is 0 Å². The van der Waals surface area contributed by atoms with E-state index < -0.39 is 0 Å². The average Bonchev–Trinajstić information content (AvgIpc) is 3.31. The maximum absolute atomic E-state index is 12.4. The molecule has 1 unspecified atom stereocenters. The number of piperidine rings is 1. The molecule has 1 amide bonds. The van der Waals surface area contributed by atoms with Gasteiger partial charge in [0.25, 0.3) is 6.01 Å². The van der Waals surface area contributed by atoms with E-state index in [1.165, 1.54) is 0 Å². The van der Waals surface area contributed by atoms with Gasteiger partial charge in [0.1, 0.15) is 5.52 Å². The Morgan fingerprint density at radius 1 is 1.35 bits per heavy atom. The fourth-order valence-corrected chi connectivity index (χ4v) is 4.02. The van der Waals surface area contributed by atoms with Crippen LogP contribution in [0.4, 0.5) is 6.01 Å². The maximum Gasteiger partial charge on any atom is 0.298 e. The SMILES string of the molecule is CN(CC1CCN(c2nc3cc(Cl)ccc3o2)CC1)C(=O)C1CCOC1. The number of hydrogen-bond donors (Lipinski definition) is 0. The summed E-state index contributed by atoms with van der Waals surface area (Å²) in [5.74, 6) is 0.786. The van der Waals surface area contributed by atoms with Gasteiger partial charge in [-0.3, -0.25) is 4.79 Å². The maximum atomic E-state index is 12.4. The van der Waals surface area contributed by atoms with E-state index in [9.17, 15) is 4.79 Å². The second kappa shape index (κ2) is 7.45. The largest absolute Gasteiger partial charge is 0.423 e. The number of aromatic nitrogens is 1. The molecule has 0 bridgehead atoms. The molecule has 3 heterocycles. The third-order valence-electron chi connectivity index (χ3n) is 5.41. The fraction of sp³-hybridized carbons (Fsp3) is 0.579. The third-order valence-corrected chi connectivity index (χ3v) is 5.65. The molecule has 0 aliphatic carbocycles. The summed E-state index contributed by atoms with van der Waals surface area (Å²) in [7, 11) is 1.91. The lowest BCUT2D eigenvalue weighted by Crippen LogP contribution is -2.41. The Morgan fingerprint density at radius 3 is 2.88 bits per heavy atom. The number of halogens is 1. The van der Waals surface area contributed by atoms with Crippen LogP contribution in [0, 0.1) is 11.8 Å². The van der Waals surface area contributed by atoms with Gasteiger partial charge in [-0.1, -0.05) is 11.6 Å². The molecule has 6 nitrogen and oxygen atoms in total. The van der Waals surface area contributed by atoms with Crippen molar-refractivity contribution in [1.82, 2.24) is 9.88 Å². The van der Waals surface area contributed by atoms with Gasteiger partial charge in [0.2, 0.25) is 5.91 Å². The third kappa shape index (κ3) is 3.67. The van der Waals surface area contributed by atoms with E-state index in [2.05, 4.69) is 9.88 Å². The van der Waals surface area contributed by atoms with Crippen LogP contribution in [0.25, 0.3) is 11.1 Å². The Hall–Kier alpha value is -1.79. The van der Waals surface area contributed by atoms with Crippen LogP contribution < -0.4 is 4.90 Å². The van der Waals surface area contributed by atoms with Crippen molar-refractivity contribution in [2.45, 2.75) is 19.3 Å². The molecule has 2 saturated heterocycles. The summed E-state index contributed by atoms with van der Waals surface area (Å²) in [6, 6.07) is 6.15. The van der Waals surface area contributed by atoms with E-state index in [0.717, 1.165) is 50.0 Å². The summed E-state index contributed by atoms with van der Waals surface area (Å²) >= 11 is 6.02. The first-order chi connectivity index (χ1) is 12.6. The molecule has 0 N–H and O–H groups in total.